The summed E-state index contributed by atoms with van der Waals surface area (Å²) < 4.78 is 13.9. The van der Waals surface area contributed by atoms with Gasteiger partial charge in [0.1, 0.15) is 6.17 Å². The summed E-state index contributed by atoms with van der Waals surface area (Å²) in [6, 6.07) is 10.1. The van der Waals surface area contributed by atoms with Gasteiger partial charge < -0.3 is 5.32 Å². The average molecular weight is 207 g/mol. The molecule has 1 aliphatic heterocycles. The highest BCUT2D eigenvalue weighted by atomic mass is 19.1. The molecule has 0 amide bonds. The summed E-state index contributed by atoms with van der Waals surface area (Å²) in [6.45, 7) is 2.92. The molecule has 1 fully saturated rings. The average Bonchev–Trinajstić information content (AvgIpc) is 2.24. The highest BCUT2D eigenvalue weighted by Gasteiger charge is 2.36. The van der Waals surface area contributed by atoms with Crippen LogP contribution in [0.1, 0.15) is 25.3 Å². The monoisotopic (exact) mass is 207 g/mol. The van der Waals surface area contributed by atoms with E-state index in [2.05, 4.69) is 17.4 Å². The lowest BCUT2D eigenvalue weighted by atomic mass is 9.83. The number of halogens is 1. The molecule has 2 atom stereocenters. The summed E-state index contributed by atoms with van der Waals surface area (Å²) >= 11 is 0. The second-order valence-electron chi connectivity index (χ2n) is 4.62. The number of hydrogen-bond acceptors (Lipinski definition) is 1. The van der Waals surface area contributed by atoms with E-state index in [4.69, 9.17) is 0 Å². The molecule has 1 aromatic carbocycles. The predicted molar refractivity (Wildman–Crippen MR) is 60.7 cm³/mol. The molecule has 0 aliphatic carbocycles. The third kappa shape index (κ3) is 2.37. The zero-order valence-electron chi connectivity index (χ0n) is 9.17. The quantitative estimate of drug-likeness (QED) is 0.786. The Bertz CT molecular complexity index is 312. The fourth-order valence-electron chi connectivity index (χ4n) is 2.28. The standard InChI is InChI=1S/C13H18FN/c1-13(12(14)8-5-9-15-13)10-11-6-3-2-4-7-11/h2-4,6-7,12,15H,5,8-10H2,1H3. The van der Waals surface area contributed by atoms with Gasteiger partial charge in [-0.05, 0) is 38.3 Å². The zero-order valence-corrected chi connectivity index (χ0v) is 9.17. The first-order chi connectivity index (χ1) is 7.21. The number of alkyl halides is 1. The van der Waals surface area contributed by atoms with Crippen LogP contribution in [0.25, 0.3) is 0 Å². The second kappa shape index (κ2) is 4.31. The smallest absolute Gasteiger partial charge is 0.118 e. The van der Waals surface area contributed by atoms with Gasteiger partial charge in [-0.15, -0.1) is 0 Å². The van der Waals surface area contributed by atoms with Gasteiger partial charge in [-0.2, -0.15) is 0 Å². The van der Waals surface area contributed by atoms with Crippen molar-refractivity contribution in [2.75, 3.05) is 6.54 Å². The van der Waals surface area contributed by atoms with E-state index >= 15 is 0 Å². The molecule has 2 unspecified atom stereocenters. The Morgan fingerprint density at radius 2 is 2.13 bits per heavy atom. The van der Waals surface area contributed by atoms with Crippen molar-refractivity contribution in [3.63, 3.8) is 0 Å². The summed E-state index contributed by atoms with van der Waals surface area (Å²) in [5.41, 5.74) is 0.830. The Balaban J connectivity index is 2.09. The highest BCUT2D eigenvalue weighted by Crippen LogP contribution is 2.26. The molecule has 0 radical (unpaired) electrons. The van der Waals surface area contributed by atoms with Crippen LogP contribution in [0.15, 0.2) is 30.3 Å². The minimum absolute atomic E-state index is 0.375. The SMILES string of the molecule is CC1(Cc2ccccc2)NCCCC1F. The first-order valence-corrected chi connectivity index (χ1v) is 5.64. The van der Waals surface area contributed by atoms with Gasteiger partial charge in [-0.25, -0.2) is 4.39 Å². The Kier molecular flexibility index (Phi) is 3.06. The molecule has 0 saturated carbocycles. The lowest BCUT2D eigenvalue weighted by molar-refractivity contribution is 0.121. The van der Waals surface area contributed by atoms with E-state index in [0.29, 0.717) is 6.42 Å². The molecule has 1 N–H and O–H groups in total. The van der Waals surface area contributed by atoms with Crippen molar-refractivity contribution < 1.29 is 4.39 Å². The Hall–Kier alpha value is -0.890. The fraction of sp³-hybridized carbons (Fsp3) is 0.538. The number of nitrogens with one attached hydrogen (secondary N) is 1. The molecule has 2 rings (SSSR count). The van der Waals surface area contributed by atoms with Crippen molar-refractivity contribution in [3.8, 4) is 0 Å². The van der Waals surface area contributed by atoms with Gasteiger partial charge in [0.15, 0.2) is 0 Å². The van der Waals surface area contributed by atoms with E-state index < -0.39 is 6.17 Å². The van der Waals surface area contributed by atoms with Crippen LogP contribution in [0.4, 0.5) is 4.39 Å². The second-order valence-corrected chi connectivity index (χ2v) is 4.62. The minimum Gasteiger partial charge on any atom is -0.309 e. The molecule has 1 saturated heterocycles. The molecule has 1 aliphatic rings. The van der Waals surface area contributed by atoms with E-state index in [9.17, 15) is 4.39 Å². The topological polar surface area (TPSA) is 12.0 Å². The van der Waals surface area contributed by atoms with Gasteiger partial charge in [-0.3, -0.25) is 0 Å². The van der Waals surface area contributed by atoms with E-state index in [0.717, 1.165) is 19.4 Å². The van der Waals surface area contributed by atoms with Gasteiger partial charge in [0.2, 0.25) is 0 Å². The van der Waals surface area contributed by atoms with Gasteiger partial charge in [-0.1, -0.05) is 30.3 Å². The molecule has 2 heteroatoms. The summed E-state index contributed by atoms with van der Waals surface area (Å²) in [7, 11) is 0. The Labute approximate surface area is 90.7 Å². The molecule has 82 valence electrons. The Morgan fingerprint density at radius 1 is 1.40 bits per heavy atom. The van der Waals surface area contributed by atoms with Gasteiger partial charge in [0, 0.05) is 0 Å². The summed E-state index contributed by atoms with van der Waals surface area (Å²) in [4.78, 5) is 0. The highest BCUT2D eigenvalue weighted by molar-refractivity contribution is 5.18. The first-order valence-electron chi connectivity index (χ1n) is 5.64. The first kappa shape index (κ1) is 10.6. The maximum Gasteiger partial charge on any atom is 0.118 e. The molecule has 0 bridgehead atoms. The van der Waals surface area contributed by atoms with Crippen LogP contribution in [0.3, 0.4) is 0 Å². The van der Waals surface area contributed by atoms with Crippen molar-refractivity contribution in [2.24, 2.45) is 0 Å². The molecular weight excluding hydrogens is 189 g/mol. The lowest BCUT2D eigenvalue weighted by Crippen LogP contribution is -2.55. The van der Waals surface area contributed by atoms with Crippen molar-refractivity contribution in [3.05, 3.63) is 35.9 Å². The number of piperidine rings is 1. The van der Waals surface area contributed by atoms with E-state index in [1.165, 1.54) is 5.56 Å². The number of hydrogen-bond donors (Lipinski definition) is 1. The molecule has 1 aromatic rings. The van der Waals surface area contributed by atoms with Crippen LogP contribution >= 0.6 is 0 Å². The van der Waals surface area contributed by atoms with Crippen molar-refractivity contribution in [1.29, 1.82) is 0 Å². The maximum atomic E-state index is 13.9. The van der Waals surface area contributed by atoms with E-state index in [-0.39, 0.29) is 5.54 Å². The minimum atomic E-state index is -0.730. The van der Waals surface area contributed by atoms with Crippen LogP contribution in [-0.2, 0) is 6.42 Å². The number of benzene rings is 1. The van der Waals surface area contributed by atoms with Crippen molar-refractivity contribution in [2.45, 2.75) is 37.9 Å². The largest absolute Gasteiger partial charge is 0.309 e. The van der Waals surface area contributed by atoms with Gasteiger partial charge in [0.05, 0.1) is 5.54 Å². The molecule has 1 heterocycles. The third-order valence-corrected chi connectivity index (χ3v) is 3.27. The fourth-order valence-corrected chi connectivity index (χ4v) is 2.28. The number of rotatable bonds is 2. The van der Waals surface area contributed by atoms with Crippen LogP contribution in [0.2, 0.25) is 0 Å². The van der Waals surface area contributed by atoms with E-state index in [1.54, 1.807) is 0 Å². The summed E-state index contributed by atoms with van der Waals surface area (Å²) in [5.74, 6) is 0. The summed E-state index contributed by atoms with van der Waals surface area (Å²) in [5, 5.41) is 3.32. The molecule has 1 nitrogen and oxygen atoms in total. The van der Waals surface area contributed by atoms with Crippen LogP contribution in [0.5, 0.6) is 0 Å². The molecule has 15 heavy (non-hydrogen) atoms. The lowest BCUT2D eigenvalue weighted by Gasteiger charge is -2.38. The van der Waals surface area contributed by atoms with E-state index in [1.807, 2.05) is 25.1 Å². The van der Waals surface area contributed by atoms with Crippen molar-refractivity contribution >= 4 is 0 Å². The molecular formula is C13H18FN. The van der Waals surface area contributed by atoms with Crippen LogP contribution in [-0.4, -0.2) is 18.3 Å². The van der Waals surface area contributed by atoms with Gasteiger partial charge >= 0.3 is 0 Å². The third-order valence-electron chi connectivity index (χ3n) is 3.27. The molecule has 0 aromatic heterocycles. The van der Waals surface area contributed by atoms with Crippen LogP contribution < -0.4 is 5.32 Å². The van der Waals surface area contributed by atoms with Crippen molar-refractivity contribution in [1.82, 2.24) is 5.32 Å². The zero-order chi connectivity index (χ0) is 10.7. The Morgan fingerprint density at radius 3 is 2.80 bits per heavy atom. The maximum absolute atomic E-state index is 13.9. The predicted octanol–water partition coefficient (Wildman–Crippen LogP) is 2.71. The summed E-state index contributed by atoms with van der Waals surface area (Å²) in [6.07, 6.45) is 1.68. The normalized spacial score (nSPS) is 31.5. The molecule has 0 spiro atoms. The van der Waals surface area contributed by atoms with Crippen LogP contribution in [0, 0.1) is 0 Å². The van der Waals surface area contributed by atoms with Gasteiger partial charge in [0.25, 0.3) is 0 Å².